The van der Waals surface area contributed by atoms with Gasteiger partial charge in [0.25, 0.3) is 0 Å². The number of hydrogen-bond donors (Lipinski definition) is 0. The molecular formula is C22H31N5O4. The standard InChI is InChI=1S/C22H31N5O4/c1-15-12-18(31-25-15)17-13-23-20(26-8-10-29-11-9-26)24-19(17)16-6-5-7-27(14-16)21(28)30-22(2,3)4/h12-13,16H,5-11,14H2,1-4H3/t16-/m0/s1. The largest absolute Gasteiger partial charge is 0.444 e. The normalized spacial score (nSPS) is 20.1. The molecule has 2 aliphatic heterocycles. The van der Waals surface area contributed by atoms with Crippen molar-refractivity contribution in [2.24, 2.45) is 0 Å². The summed E-state index contributed by atoms with van der Waals surface area (Å²) in [5.41, 5.74) is 2.00. The zero-order chi connectivity index (χ0) is 22.0. The highest BCUT2D eigenvalue weighted by molar-refractivity contribution is 5.69. The van der Waals surface area contributed by atoms with Crippen LogP contribution in [0.4, 0.5) is 10.7 Å². The van der Waals surface area contributed by atoms with E-state index in [1.165, 1.54) is 0 Å². The van der Waals surface area contributed by atoms with Gasteiger partial charge in [-0.1, -0.05) is 5.16 Å². The van der Waals surface area contributed by atoms with E-state index >= 15 is 0 Å². The Balaban J connectivity index is 1.64. The van der Waals surface area contributed by atoms with Crippen molar-refractivity contribution in [2.75, 3.05) is 44.3 Å². The molecule has 9 nitrogen and oxygen atoms in total. The Labute approximate surface area is 182 Å². The van der Waals surface area contributed by atoms with Crippen molar-refractivity contribution in [3.63, 3.8) is 0 Å². The van der Waals surface area contributed by atoms with E-state index < -0.39 is 5.60 Å². The van der Waals surface area contributed by atoms with Crippen molar-refractivity contribution in [3.8, 4) is 11.3 Å². The molecular weight excluding hydrogens is 398 g/mol. The molecule has 2 aromatic heterocycles. The fourth-order valence-electron chi connectivity index (χ4n) is 3.99. The monoisotopic (exact) mass is 429 g/mol. The highest BCUT2D eigenvalue weighted by atomic mass is 16.6. The number of piperidine rings is 1. The minimum absolute atomic E-state index is 0.0597. The summed E-state index contributed by atoms with van der Waals surface area (Å²) in [7, 11) is 0. The number of rotatable bonds is 3. The first-order valence-corrected chi connectivity index (χ1v) is 10.9. The number of likely N-dealkylation sites (tertiary alicyclic amines) is 1. The van der Waals surface area contributed by atoms with Gasteiger partial charge in [-0.25, -0.2) is 14.8 Å². The molecule has 0 radical (unpaired) electrons. The second-order valence-corrected chi connectivity index (χ2v) is 9.17. The average molecular weight is 430 g/mol. The van der Waals surface area contributed by atoms with Crippen molar-refractivity contribution in [1.82, 2.24) is 20.0 Å². The van der Waals surface area contributed by atoms with Crippen LogP contribution in [0.2, 0.25) is 0 Å². The molecule has 1 atom stereocenters. The van der Waals surface area contributed by atoms with Gasteiger partial charge in [-0.2, -0.15) is 0 Å². The fourth-order valence-corrected chi connectivity index (χ4v) is 3.99. The van der Waals surface area contributed by atoms with Gasteiger partial charge in [0.05, 0.1) is 30.2 Å². The lowest BCUT2D eigenvalue weighted by molar-refractivity contribution is 0.0197. The summed E-state index contributed by atoms with van der Waals surface area (Å²) >= 11 is 0. The number of amides is 1. The number of aromatic nitrogens is 3. The Bertz CT molecular complexity index is 917. The van der Waals surface area contributed by atoms with Gasteiger partial charge in [0.1, 0.15) is 5.60 Å². The van der Waals surface area contributed by atoms with E-state index in [4.69, 9.17) is 19.0 Å². The highest BCUT2D eigenvalue weighted by Crippen LogP contribution is 2.34. The Kier molecular flexibility index (Phi) is 6.13. The molecule has 4 heterocycles. The second-order valence-electron chi connectivity index (χ2n) is 9.17. The minimum atomic E-state index is -0.523. The molecule has 2 aromatic rings. The minimum Gasteiger partial charge on any atom is -0.444 e. The van der Waals surface area contributed by atoms with Gasteiger partial charge < -0.3 is 23.8 Å². The van der Waals surface area contributed by atoms with Crippen molar-refractivity contribution in [1.29, 1.82) is 0 Å². The molecule has 0 saturated carbocycles. The predicted octanol–water partition coefficient (Wildman–Crippen LogP) is 3.39. The molecule has 0 unspecified atom stereocenters. The summed E-state index contributed by atoms with van der Waals surface area (Å²) < 4.78 is 16.6. The third kappa shape index (κ3) is 5.15. The number of carbonyl (C=O) groups excluding carboxylic acids is 1. The number of hydrogen-bond acceptors (Lipinski definition) is 8. The van der Waals surface area contributed by atoms with E-state index in [-0.39, 0.29) is 12.0 Å². The molecule has 2 aliphatic rings. The highest BCUT2D eigenvalue weighted by Gasteiger charge is 2.31. The van der Waals surface area contributed by atoms with Crippen LogP contribution in [0.25, 0.3) is 11.3 Å². The quantitative estimate of drug-likeness (QED) is 0.733. The van der Waals surface area contributed by atoms with Crippen LogP contribution in [0.1, 0.15) is 50.9 Å². The number of nitrogens with zero attached hydrogens (tertiary/aromatic N) is 5. The molecule has 4 rings (SSSR count). The van der Waals surface area contributed by atoms with E-state index in [0.29, 0.717) is 38.0 Å². The first kappa shape index (κ1) is 21.5. The summed E-state index contributed by atoms with van der Waals surface area (Å²) in [5, 5.41) is 4.03. The van der Waals surface area contributed by atoms with Crippen molar-refractivity contribution >= 4 is 12.0 Å². The SMILES string of the molecule is Cc1cc(-c2cnc(N3CCOCC3)nc2[C@H]2CCCN(C(=O)OC(C)(C)C)C2)on1. The molecule has 0 bridgehead atoms. The van der Waals surface area contributed by atoms with E-state index in [2.05, 4.69) is 15.0 Å². The Morgan fingerprint density at radius 1 is 1.23 bits per heavy atom. The lowest BCUT2D eigenvalue weighted by Crippen LogP contribution is -2.42. The summed E-state index contributed by atoms with van der Waals surface area (Å²) in [5.74, 6) is 1.40. The smallest absolute Gasteiger partial charge is 0.410 e. The van der Waals surface area contributed by atoms with Gasteiger partial charge in [-0.15, -0.1) is 0 Å². The fraction of sp³-hybridized carbons (Fsp3) is 0.636. The summed E-state index contributed by atoms with van der Waals surface area (Å²) in [6, 6.07) is 1.89. The molecule has 2 fully saturated rings. The van der Waals surface area contributed by atoms with Crippen molar-refractivity contribution in [2.45, 2.75) is 52.1 Å². The van der Waals surface area contributed by atoms with E-state index in [0.717, 1.165) is 42.9 Å². The van der Waals surface area contributed by atoms with Crippen LogP contribution in [-0.4, -0.2) is 71.1 Å². The molecule has 0 aromatic carbocycles. The van der Waals surface area contributed by atoms with Crippen LogP contribution in [0.15, 0.2) is 16.8 Å². The number of carbonyl (C=O) groups is 1. The molecule has 31 heavy (non-hydrogen) atoms. The number of ether oxygens (including phenoxy) is 2. The number of morpholine rings is 1. The Morgan fingerprint density at radius 3 is 2.68 bits per heavy atom. The molecule has 9 heteroatoms. The lowest BCUT2D eigenvalue weighted by Gasteiger charge is -2.34. The maximum Gasteiger partial charge on any atom is 0.410 e. The Morgan fingerprint density at radius 2 is 2.00 bits per heavy atom. The number of anilines is 1. The predicted molar refractivity (Wildman–Crippen MR) is 115 cm³/mol. The topological polar surface area (TPSA) is 93.8 Å². The van der Waals surface area contributed by atoms with Crippen LogP contribution < -0.4 is 4.90 Å². The van der Waals surface area contributed by atoms with Crippen LogP contribution in [0.5, 0.6) is 0 Å². The third-order valence-electron chi connectivity index (χ3n) is 5.45. The average Bonchev–Trinajstić information content (AvgIpc) is 3.19. The zero-order valence-corrected chi connectivity index (χ0v) is 18.8. The number of aryl methyl sites for hydroxylation is 1. The van der Waals surface area contributed by atoms with E-state index in [1.54, 1.807) is 4.90 Å². The molecule has 1 amide bonds. The van der Waals surface area contributed by atoms with Crippen molar-refractivity contribution < 1.29 is 18.8 Å². The molecule has 2 saturated heterocycles. The van der Waals surface area contributed by atoms with Crippen LogP contribution >= 0.6 is 0 Å². The van der Waals surface area contributed by atoms with Gasteiger partial charge in [-0.05, 0) is 40.5 Å². The lowest BCUT2D eigenvalue weighted by atomic mass is 9.91. The molecule has 168 valence electrons. The summed E-state index contributed by atoms with van der Waals surface area (Å²) in [4.78, 5) is 26.2. The zero-order valence-electron chi connectivity index (χ0n) is 18.8. The summed E-state index contributed by atoms with van der Waals surface area (Å²) in [6.07, 6.45) is 3.35. The van der Waals surface area contributed by atoms with E-state index in [1.807, 2.05) is 40.0 Å². The van der Waals surface area contributed by atoms with Gasteiger partial charge in [0.2, 0.25) is 5.95 Å². The molecule has 0 N–H and O–H groups in total. The summed E-state index contributed by atoms with van der Waals surface area (Å²) in [6.45, 7) is 11.6. The van der Waals surface area contributed by atoms with Gasteiger partial charge in [0, 0.05) is 44.4 Å². The van der Waals surface area contributed by atoms with Gasteiger partial charge >= 0.3 is 6.09 Å². The third-order valence-corrected chi connectivity index (χ3v) is 5.45. The Hall–Kier alpha value is -2.68. The van der Waals surface area contributed by atoms with Crippen LogP contribution in [0.3, 0.4) is 0 Å². The first-order chi connectivity index (χ1) is 14.8. The first-order valence-electron chi connectivity index (χ1n) is 10.9. The van der Waals surface area contributed by atoms with Crippen LogP contribution in [-0.2, 0) is 9.47 Å². The molecule has 0 spiro atoms. The van der Waals surface area contributed by atoms with Crippen molar-refractivity contribution in [3.05, 3.63) is 23.7 Å². The van der Waals surface area contributed by atoms with Gasteiger partial charge in [-0.3, -0.25) is 0 Å². The molecule has 0 aliphatic carbocycles. The second kappa shape index (κ2) is 8.82. The van der Waals surface area contributed by atoms with Crippen LogP contribution in [0, 0.1) is 6.92 Å². The maximum atomic E-state index is 12.7. The maximum absolute atomic E-state index is 12.7. The van der Waals surface area contributed by atoms with Gasteiger partial charge in [0.15, 0.2) is 5.76 Å². The van der Waals surface area contributed by atoms with E-state index in [9.17, 15) is 4.79 Å².